The molecule has 2 aromatic heterocycles. The number of carbonyl (C=O) groups excluding carboxylic acids is 1. The van der Waals surface area contributed by atoms with Gasteiger partial charge in [-0.15, -0.1) is 0 Å². The van der Waals surface area contributed by atoms with Crippen LogP contribution in [0, 0.1) is 12.8 Å². The summed E-state index contributed by atoms with van der Waals surface area (Å²) >= 11 is 0. The second-order valence-corrected chi connectivity index (χ2v) is 8.34. The summed E-state index contributed by atoms with van der Waals surface area (Å²) in [6.45, 7) is 8.37. The minimum absolute atomic E-state index is 0.0449. The highest BCUT2D eigenvalue weighted by atomic mass is 16.2. The number of carbonyl (C=O) groups is 1. The van der Waals surface area contributed by atoms with Crippen LogP contribution < -0.4 is 0 Å². The summed E-state index contributed by atoms with van der Waals surface area (Å²) in [4.78, 5) is 20.2. The van der Waals surface area contributed by atoms with Gasteiger partial charge in [-0.05, 0) is 52.5 Å². The van der Waals surface area contributed by atoms with Crippen molar-refractivity contribution in [2.45, 2.75) is 52.6 Å². The molecular formula is C23H28N4O. The Morgan fingerprint density at radius 1 is 1.18 bits per heavy atom. The number of fused-ring (bicyclic) bond motifs is 1. The molecular weight excluding hydrogens is 348 g/mol. The third kappa shape index (κ3) is 3.30. The molecule has 146 valence electrons. The Balaban J connectivity index is 1.86. The van der Waals surface area contributed by atoms with Gasteiger partial charge in [0, 0.05) is 24.7 Å². The average Bonchev–Trinajstić information content (AvgIpc) is 3.44. The molecule has 1 aliphatic rings. The van der Waals surface area contributed by atoms with Crippen LogP contribution in [0.5, 0.6) is 0 Å². The Morgan fingerprint density at radius 2 is 1.86 bits per heavy atom. The molecule has 1 atom stereocenters. The molecule has 1 fully saturated rings. The molecule has 3 aromatic rings. The van der Waals surface area contributed by atoms with E-state index >= 15 is 0 Å². The third-order valence-electron chi connectivity index (χ3n) is 5.87. The van der Waals surface area contributed by atoms with E-state index in [2.05, 4.69) is 57.1 Å². The molecule has 5 heteroatoms. The number of amides is 1. The number of aromatic nitrogens is 3. The Kier molecular flexibility index (Phi) is 4.69. The van der Waals surface area contributed by atoms with Crippen molar-refractivity contribution in [3.05, 3.63) is 47.7 Å². The van der Waals surface area contributed by atoms with Crippen LogP contribution in [-0.2, 0) is 0 Å². The molecule has 5 nitrogen and oxygen atoms in total. The van der Waals surface area contributed by atoms with E-state index in [1.807, 2.05) is 22.7 Å². The Bertz CT molecular complexity index is 1020. The summed E-state index contributed by atoms with van der Waals surface area (Å²) in [5.41, 5.74) is 4.47. The van der Waals surface area contributed by atoms with E-state index in [0.29, 0.717) is 11.5 Å². The molecule has 2 heterocycles. The van der Waals surface area contributed by atoms with Crippen molar-refractivity contribution in [3.63, 3.8) is 0 Å². The molecule has 0 aliphatic heterocycles. The van der Waals surface area contributed by atoms with Crippen LogP contribution in [0.3, 0.4) is 0 Å². The van der Waals surface area contributed by atoms with Crippen LogP contribution in [0.1, 0.15) is 55.6 Å². The number of rotatable bonds is 5. The van der Waals surface area contributed by atoms with Gasteiger partial charge in [0.05, 0.1) is 22.8 Å². The lowest BCUT2D eigenvalue weighted by atomic mass is 10.0. The normalized spacial score (nSPS) is 15.2. The summed E-state index contributed by atoms with van der Waals surface area (Å²) in [5.74, 6) is 0.671. The number of hydrogen-bond donors (Lipinski definition) is 0. The predicted molar refractivity (Wildman–Crippen MR) is 112 cm³/mol. The van der Waals surface area contributed by atoms with Gasteiger partial charge in [-0.1, -0.05) is 29.8 Å². The highest BCUT2D eigenvalue weighted by Gasteiger charge is 2.33. The Hall–Kier alpha value is -2.69. The maximum Gasteiger partial charge on any atom is 0.254 e. The first-order valence-corrected chi connectivity index (χ1v) is 10.1. The molecule has 1 aliphatic carbocycles. The zero-order valence-electron chi connectivity index (χ0n) is 17.3. The molecule has 0 bridgehead atoms. The van der Waals surface area contributed by atoms with Gasteiger partial charge in [-0.2, -0.15) is 5.10 Å². The van der Waals surface area contributed by atoms with Gasteiger partial charge in [0.25, 0.3) is 5.91 Å². The van der Waals surface area contributed by atoms with E-state index in [1.165, 1.54) is 18.4 Å². The standard InChI is InChI=1S/C23H28N4O/c1-14(2)27-22-20(13-24-27)19(23(28)26(5)16(4)17-10-11-17)12-21(25-22)18-8-6-15(3)7-9-18/h6-9,12-14,16-17H,10-11H2,1-5H3/t16-/m0/s1. The van der Waals surface area contributed by atoms with Crippen molar-refractivity contribution >= 4 is 16.9 Å². The van der Waals surface area contributed by atoms with Crippen LogP contribution in [0.2, 0.25) is 0 Å². The fraction of sp³-hybridized carbons (Fsp3) is 0.435. The van der Waals surface area contributed by atoms with Gasteiger partial charge in [-0.3, -0.25) is 4.79 Å². The third-order valence-corrected chi connectivity index (χ3v) is 5.87. The van der Waals surface area contributed by atoms with Crippen molar-refractivity contribution in [1.29, 1.82) is 0 Å². The lowest BCUT2D eigenvalue weighted by Gasteiger charge is -2.25. The predicted octanol–water partition coefficient (Wildman–Crippen LogP) is 4.86. The summed E-state index contributed by atoms with van der Waals surface area (Å²) in [5, 5.41) is 5.35. The van der Waals surface area contributed by atoms with E-state index in [9.17, 15) is 4.79 Å². The number of pyridine rings is 1. The van der Waals surface area contributed by atoms with Crippen molar-refractivity contribution < 1.29 is 4.79 Å². The second kappa shape index (κ2) is 7.04. The lowest BCUT2D eigenvalue weighted by Crippen LogP contribution is -2.36. The Labute approximate surface area is 166 Å². The van der Waals surface area contributed by atoms with E-state index in [-0.39, 0.29) is 18.0 Å². The van der Waals surface area contributed by atoms with Crippen molar-refractivity contribution in [2.24, 2.45) is 5.92 Å². The van der Waals surface area contributed by atoms with Gasteiger partial charge in [0.1, 0.15) is 0 Å². The molecule has 1 aromatic carbocycles. The minimum atomic E-state index is 0.0449. The van der Waals surface area contributed by atoms with Gasteiger partial charge < -0.3 is 4.90 Å². The van der Waals surface area contributed by atoms with E-state index < -0.39 is 0 Å². The van der Waals surface area contributed by atoms with Crippen LogP contribution in [0.25, 0.3) is 22.3 Å². The minimum Gasteiger partial charge on any atom is -0.339 e. The van der Waals surface area contributed by atoms with E-state index in [4.69, 9.17) is 4.98 Å². The Morgan fingerprint density at radius 3 is 2.46 bits per heavy atom. The van der Waals surface area contributed by atoms with Gasteiger partial charge >= 0.3 is 0 Å². The zero-order chi connectivity index (χ0) is 20.0. The zero-order valence-corrected chi connectivity index (χ0v) is 17.3. The SMILES string of the molecule is Cc1ccc(-c2cc(C(=O)N(C)[C@@H](C)C3CC3)c3cnn(C(C)C)c3n2)cc1. The van der Waals surface area contributed by atoms with E-state index in [0.717, 1.165) is 22.3 Å². The molecule has 1 amide bonds. The summed E-state index contributed by atoms with van der Waals surface area (Å²) in [6.07, 6.45) is 4.21. The van der Waals surface area contributed by atoms with Gasteiger partial charge in [-0.25, -0.2) is 9.67 Å². The number of aryl methyl sites for hydroxylation is 1. The number of hydrogen-bond acceptors (Lipinski definition) is 3. The van der Waals surface area contributed by atoms with Crippen LogP contribution in [0.15, 0.2) is 36.5 Å². The smallest absolute Gasteiger partial charge is 0.254 e. The molecule has 1 saturated carbocycles. The summed E-state index contributed by atoms with van der Waals surface area (Å²) in [6, 6.07) is 10.6. The van der Waals surface area contributed by atoms with Crippen molar-refractivity contribution in [1.82, 2.24) is 19.7 Å². The molecule has 0 radical (unpaired) electrons. The summed E-state index contributed by atoms with van der Waals surface area (Å²) in [7, 11) is 1.91. The first kappa shape index (κ1) is 18.7. The topological polar surface area (TPSA) is 51.0 Å². The first-order valence-electron chi connectivity index (χ1n) is 10.1. The number of benzene rings is 1. The van der Waals surface area contributed by atoms with Gasteiger partial charge in [0.15, 0.2) is 5.65 Å². The van der Waals surface area contributed by atoms with Crippen molar-refractivity contribution in [3.8, 4) is 11.3 Å². The van der Waals surface area contributed by atoms with Crippen LogP contribution >= 0.6 is 0 Å². The van der Waals surface area contributed by atoms with Gasteiger partial charge in [0.2, 0.25) is 0 Å². The van der Waals surface area contributed by atoms with Crippen LogP contribution in [0.4, 0.5) is 0 Å². The molecule has 0 N–H and O–H groups in total. The highest BCUT2D eigenvalue weighted by Crippen LogP contribution is 2.36. The fourth-order valence-electron chi connectivity index (χ4n) is 3.71. The fourth-order valence-corrected chi connectivity index (χ4v) is 3.71. The maximum absolute atomic E-state index is 13.4. The largest absolute Gasteiger partial charge is 0.339 e. The lowest BCUT2D eigenvalue weighted by molar-refractivity contribution is 0.0729. The molecule has 28 heavy (non-hydrogen) atoms. The second-order valence-electron chi connectivity index (χ2n) is 8.34. The maximum atomic E-state index is 13.4. The molecule has 0 unspecified atom stereocenters. The number of nitrogens with zero attached hydrogens (tertiary/aromatic N) is 4. The van der Waals surface area contributed by atoms with Crippen LogP contribution in [-0.4, -0.2) is 38.7 Å². The average molecular weight is 377 g/mol. The molecule has 0 saturated heterocycles. The highest BCUT2D eigenvalue weighted by molar-refractivity contribution is 6.06. The van der Waals surface area contributed by atoms with E-state index in [1.54, 1.807) is 6.20 Å². The quantitative estimate of drug-likeness (QED) is 0.639. The molecule has 4 rings (SSSR count). The molecule has 0 spiro atoms. The first-order chi connectivity index (χ1) is 13.4. The summed E-state index contributed by atoms with van der Waals surface area (Å²) < 4.78 is 1.90. The monoisotopic (exact) mass is 376 g/mol. The van der Waals surface area contributed by atoms with Crippen molar-refractivity contribution in [2.75, 3.05) is 7.05 Å².